The van der Waals surface area contributed by atoms with Gasteiger partial charge in [-0.1, -0.05) is 18.2 Å². The van der Waals surface area contributed by atoms with Crippen LogP contribution in [-0.4, -0.2) is 23.0 Å². The molecule has 0 amide bonds. The maximum Gasteiger partial charge on any atom is 0.145 e. The zero-order valence-electron chi connectivity index (χ0n) is 10.9. The lowest BCUT2D eigenvalue weighted by Crippen LogP contribution is -2.25. The normalized spacial score (nSPS) is 10.2. The molecule has 0 aliphatic rings. The molecule has 0 atom stereocenters. The summed E-state index contributed by atoms with van der Waals surface area (Å²) in [6, 6.07) is 13.8. The monoisotopic (exact) mass is 266 g/mol. The molecule has 1 heterocycles. The minimum Gasteiger partial charge on any atom is -0.308 e. The predicted octanol–water partition coefficient (Wildman–Crippen LogP) is 1.37. The van der Waals surface area contributed by atoms with Crippen LogP contribution in [0, 0.1) is 22.7 Å². The maximum atomic E-state index is 8.78. The van der Waals surface area contributed by atoms with Gasteiger partial charge in [0.1, 0.15) is 5.82 Å². The first-order valence-corrected chi connectivity index (χ1v) is 6.10. The third-order valence-corrected chi connectivity index (χ3v) is 2.92. The van der Waals surface area contributed by atoms with Gasteiger partial charge in [-0.3, -0.25) is 4.90 Å². The zero-order valence-corrected chi connectivity index (χ0v) is 10.9. The van der Waals surface area contributed by atoms with Crippen molar-refractivity contribution < 1.29 is 0 Å². The molecular weight excluding hydrogens is 252 g/mol. The van der Waals surface area contributed by atoms with E-state index in [2.05, 4.69) is 22.5 Å². The van der Waals surface area contributed by atoms with Gasteiger partial charge in [0.25, 0.3) is 0 Å². The number of hydrazine groups is 1. The molecule has 0 fully saturated rings. The van der Waals surface area contributed by atoms with Crippen molar-refractivity contribution in [3.63, 3.8) is 0 Å². The summed E-state index contributed by atoms with van der Waals surface area (Å²) in [4.78, 5) is 6.17. The van der Waals surface area contributed by atoms with E-state index in [1.165, 1.54) is 0 Å². The summed E-state index contributed by atoms with van der Waals surface area (Å²) in [5.74, 6) is 6.06. The van der Waals surface area contributed by atoms with E-state index in [9.17, 15) is 0 Å². The Morgan fingerprint density at radius 2 is 1.90 bits per heavy atom. The molecule has 0 saturated heterocycles. The summed E-state index contributed by atoms with van der Waals surface area (Å²) >= 11 is 0. The van der Waals surface area contributed by atoms with Crippen molar-refractivity contribution in [2.45, 2.75) is 6.54 Å². The van der Waals surface area contributed by atoms with Crippen LogP contribution in [0.25, 0.3) is 10.9 Å². The van der Waals surface area contributed by atoms with Gasteiger partial charge in [0.05, 0.1) is 30.7 Å². The SMILES string of the molecule is N#CCN(CC#N)Cc1cc2ccccc2nc1NN. The average Bonchev–Trinajstić information content (AvgIpc) is 2.47. The first-order chi connectivity index (χ1) is 9.78. The Hall–Kier alpha value is -2.67. The maximum absolute atomic E-state index is 8.78. The van der Waals surface area contributed by atoms with Gasteiger partial charge in [0.15, 0.2) is 0 Å². The van der Waals surface area contributed by atoms with Crippen LogP contribution < -0.4 is 11.3 Å². The number of hydrogen-bond acceptors (Lipinski definition) is 6. The lowest BCUT2D eigenvalue weighted by molar-refractivity contribution is 0.335. The fourth-order valence-electron chi connectivity index (χ4n) is 2.01. The first-order valence-electron chi connectivity index (χ1n) is 6.10. The topological polar surface area (TPSA) is 102 Å². The van der Waals surface area contributed by atoms with Gasteiger partial charge in [-0.2, -0.15) is 10.5 Å². The highest BCUT2D eigenvalue weighted by molar-refractivity contribution is 5.81. The Kier molecular flexibility index (Phi) is 4.46. The van der Waals surface area contributed by atoms with E-state index in [4.69, 9.17) is 16.4 Å². The molecule has 2 aromatic rings. The Balaban J connectivity index is 2.37. The molecular formula is C14H14N6. The highest BCUT2D eigenvalue weighted by Crippen LogP contribution is 2.21. The van der Waals surface area contributed by atoms with E-state index in [1.807, 2.05) is 30.3 Å². The number of nitriles is 2. The van der Waals surface area contributed by atoms with E-state index in [-0.39, 0.29) is 13.1 Å². The Labute approximate surface area is 117 Å². The van der Waals surface area contributed by atoms with Crippen LogP contribution in [0.15, 0.2) is 30.3 Å². The average molecular weight is 266 g/mol. The summed E-state index contributed by atoms with van der Waals surface area (Å²) in [5, 5.41) is 18.6. The van der Waals surface area contributed by atoms with E-state index >= 15 is 0 Å². The van der Waals surface area contributed by atoms with E-state index in [1.54, 1.807) is 4.90 Å². The Bertz CT molecular complexity index is 666. The third-order valence-electron chi connectivity index (χ3n) is 2.92. The lowest BCUT2D eigenvalue weighted by Gasteiger charge is -2.17. The minimum absolute atomic E-state index is 0.185. The van der Waals surface area contributed by atoms with E-state index in [0.29, 0.717) is 12.4 Å². The van der Waals surface area contributed by atoms with Crippen molar-refractivity contribution in [1.29, 1.82) is 10.5 Å². The fraction of sp³-hybridized carbons (Fsp3) is 0.214. The molecule has 0 radical (unpaired) electrons. The van der Waals surface area contributed by atoms with Crippen molar-refractivity contribution in [2.75, 3.05) is 18.5 Å². The lowest BCUT2D eigenvalue weighted by atomic mass is 10.1. The molecule has 1 aromatic heterocycles. The zero-order chi connectivity index (χ0) is 14.4. The number of hydrogen-bond donors (Lipinski definition) is 2. The molecule has 0 aliphatic heterocycles. The van der Waals surface area contributed by atoms with Gasteiger partial charge < -0.3 is 5.43 Å². The van der Waals surface area contributed by atoms with Gasteiger partial charge >= 0.3 is 0 Å². The van der Waals surface area contributed by atoms with Crippen molar-refractivity contribution in [3.05, 3.63) is 35.9 Å². The van der Waals surface area contributed by atoms with Gasteiger partial charge in [0, 0.05) is 17.5 Å². The van der Waals surface area contributed by atoms with Crippen LogP contribution in [0.2, 0.25) is 0 Å². The van der Waals surface area contributed by atoms with Gasteiger partial charge in [-0.15, -0.1) is 0 Å². The number of para-hydroxylation sites is 1. The standard InChI is InChI=1S/C14H14N6/c15-5-7-20(8-6-16)10-12-9-11-3-1-2-4-13(11)18-14(12)19-17/h1-4,9H,7-8,10,17H2,(H,18,19). The van der Waals surface area contributed by atoms with Crippen LogP contribution in [0.4, 0.5) is 5.82 Å². The molecule has 0 aliphatic carbocycles. The molecule has 0 bridgehead atoms. The van der Waals surface area contributed by atoms with Gasteiger partial charge in [0.2, 0.25) is 0 Å². The molecule has 2 rings (SSSR count). The Morgan fingerprint density at radius 3 is 2.55 bits per heavy atom. The molecule has 6 nitrogen and oxygen atoms in total. The van der Waals surface area contributed by atoms with Gasteiger partial charge in [-0.05, 0) is 12.1 Å². The molecule has 20 heavy (non-hydrogen) atoms. The number of pyridine rings is 1. The number of aromatic nitrogens is 1. The first kappa shape index (κ1) is 13.8. The number of nitrogen functional groups attached to an aromatic ring is 1. The number of nitrogens with two attached hydrogens (primary N) is 1. The highest BCUT2D eigenvalue weighted by atomic mass is 15.3. The molecule has 1 aromatic carbocycles. The van der Waals surface area contributed by atoms with E-state index < -0.39 is 0 Å². The van der Waals surface area contributed by atoms with Crippen LogP contribution in [0.3, 0.4) is 0 Å². The number of benzene rings is 1. The molecule has 0 saturated carbocycles. The van der Waals surface area contributed by atoms with Crippen molar-refractivity contribution in [1.82, 2.24) is 9.88 Å². The van der Waals surface area contributed by atoms with Crippen molar-refractivity contribution in [3.8, 4) is 12.1 Å². The molecule has 6 heteroatoms. The summed E-state index contributed by atoms with van der Waals surface area (Å²) in [7, 11) is 0. The minimum atomic E-state index is 0.185. The number of nitrogens with zero attached hydrogens (tertiary/aromatic N) is 4. The second-order valence-corrected chi connectivity index (χ2v) is 4.29. The smallest absolute Gasteiger partial charge is 0.145 e. The van der Waals surface area contributed by atoms with Crippen molar-refractivity contribution >= 4 is 16.7 Å². The summed E-state index contributed by atoms with van der Waals surface area (Å²) in [5.41, 5.74) is 4.28. The summed E-state index contributed by atoms with van der Waals surface area (Å²) in [6.45, 7) is 0.813. The summed E-state index contributed by atoms with van der Waals surface area (Å²) < 4.78 is 0. The molecule has 100 valence electrons. The second-order valence-electron chi connectivity index (χ2n) is 4.29. The van der Waals surface area contributed by atoms with Gasteiger partial charge in [-0.25, -0.2) is 10.8 Å². The van der Waals surface area contributed by atoms with Crippen molar-refractivity contribution in [2.24, 2.45) is 5.84 Å². The number of rotatable bonds is 5. The van der Waals surface area contributed by atoms with E-state index in [0.717, 1.165) is 16.5 Å². The highest BCUT2D eigenvalue weighted by Gasteiger charge is 2.11. The summed E-state index contributed by atoms with van der Waals surface area (Å²) in [6.07, 6.45) is 0. The Morgan fingerprint density at radius 1 is 1.20 bits per heavy atom. The third kappa shape index (κ3) is 3.01. The van der Waals surface area contributed by atoms with Crippen LogP contribution >= 0.6 is 0 Å². The molecule has 0 unspecified atom stereocenters. The largest absolute Gasteiger partial charge is 0.308 e. The van der Waals surface area contributed by atoms with Crippen LogP contribution in [0.1, 0.15) is 5.56 Å². The molecule has 3 N–H and O–H groups in total. The number of nitrogens with one attached hydrogen (secondary N) is 1. The predicted molar refractivity (Wildman–Crippen MR) is 76.1 cm³/mol. The molecule has 0 spiro atoms. The quantitative estimate of drug-likeness (QED) is 0.481. The second kappa shape index (κ2) is 6.48. The fourth-order valence-corrected chi connectivity index (χ4v) is 2.01. The van der Waals surface area contributed by atoms with Crippen LogP contribution in [0.5, 0.6) is 0 Å². The number of fused-ring (bicyclic) bond motifs is 1. The number of anilines is 1. The van der Waals surface area contributed by atoms with Crippen LogP contribution in [-0.2, 0) is 6.54 Å².